The third kappa shape index (κ3) is 4.21. The van der Waals surface area contributed by atoms with E-state index < -0.39 is 16.9 Å². The van der Waals surface area contributed by atoms with E-state index in [0.29, 0.717) is 31.8 Å². The Kier molecular flexibility index (Phi) is 6.44. The van der Waals surface area contributed by atoms with Crippen LogP contribution in [-0.4, -0.2) is 60.4 Å². The average Bonchev–Trinajstić information content (AvgIpc) is 2.76. The summed E-state index contributed by atoms with van der Waals surface area (Å²) in [6.07, 6.45) is 0.532. The maximum atomic E-state index is 12.8. The lowest BCUT2D eigenvalue weighted by atomic mass is 9.55. The molecule has 4 rings (SSSR count). The molecular formula is C27H35NO4. The standard InChI is InChI=1S/C27H35NO4/c1-19(2)15-28-16-26(13-22(30)14-27(17-28,18-29)25(26)31)12-20-8-10-21(11-9-20)23-6-4-5-7-24(23)32-3/h4-11,19,25,29,31H,12-18H2,1-3H3/t25?,26-,27+/m1/s1. The predicted molar refractivity (Wildman–Crippen MR) is 126 cm³/mol. The third-order valence-corrected chi connectivity index (χ3v) is 7.20. The van der Waals surface area contributed by atoms with Crippen LogP contribution in [0.1, 0.15) is 32.3 Å². The number of ketones is 1. The number of hydrogen-bond acceptors (Lipinski definition) is 5. The lowest BCUT2D eigenvalue weighted by Gasteiger charge is -2.58. The van der Waals surface area contributed by atoms with Crippen molar-refractivity contribution in [2.75, 3.05) is 33.4 Å². The van der Waals surface area contributed by atoms with Crippen molar-refractivity contribution in [3.63, 3.8) is 0 Å². The normalized spacial score (nSPS) is 28.2. The first kappa shape index (κ1) is 23.0. The summed E-state index contributed by atoms with van der Waals surface area (Å²) in [6.45, 7) is 6.35. The van der Waals surface area contributed by atoms with Crippen molar-refractivity contribution < 1.29 is 19.7 Å². The smallest absolute Gasteiger partial charge is 0.134 e. The number of methoxy groups -OCH3 is 1. The summed E-state index contributed by atoms with van der Waals surface area (Å²) in [5.41, 5.74) is 1.86. The molecule has 1 aliphatic heterocycles. The summed E-state index contributed by atoms with van der Waals surface area (Å²) >= 11 is 0. The number of ether oxygens (including phenoxy) is 1. The molecule has 0 amide bonds. The van der Waals surface area contributed by atoms with E-state index in [4.69, 9.17) is 4.74 Å². The second kappa shape index (κ2) is 8.97. The number of benzene rings is 2. The van der Waals surface area contributed by atoms with Crippen molar-refractivity contribution in [2.45, 2.75) is 39.2 Å². The number of rotatable bonds is 7. The Hall–Kier alpha value is -2.21. The van der Waals surface area contributed by atoms with Crippen molar-refractivity contribution in [1.29, 1.82) is 0 Å². The first-order valence-corrected chi connectivity index (χ1v) is 11.6. The number of aliphatic hydroxyl groups excluding tert-OH is 2. The molecule has 32 heavy (non-hydrogen) atoms. The van der Waals surface area contributed by atoms with E-state index in [9.17, 15) is 15.0 Å². The summed E-state index contributed by atoms with van der Waals surface area (Å²) in [4.78, 5) is 15.1. The van der Waals surface area contributed by atoms with Gasteiger partial charge in [0.05, 0.1) is 19.8 Å². The highest BCUT2D eigenvalue weighted by molar-refractivity contribution is 5.81. The van der Waals surface area contributed by atoms with Crippen molar-refractivity contribution in [2.24, 2.45) is 16.7 Å². The van der Waals surface area contributed by atoms with Gasteiger partial charge in [-0.3, -0.25) is 4.79 Å². The molecule has 1 aliphatic carbocycles. The van der Waals surface area contributed by atoms with Crippen LogP contribution in [0, 0.1) is 16.7 Å². The van der Waals surface area contributed by atoms with E-state index in [1.54, 1.807) is 7.11 Å². The maximum absolute atomic E-state index is 12.8. The number of para-hydroxylation sites is 1. The third-order valence-electron chi connectivity index (χ3n) is 7.20. The van der Waals surface area contributed by atoms with E-state index in [2.05, 4.69) is 43.0 Å². The number of aliphatic hydroxyl groups is 2. The number of carbonyl (C=O) groups excluding carboxylic acids is 1. The second-order valence-electron chi connectivity index (χ2n) is 10.3. The zero-order valence-corrected chi connectivity index (χ0v) is 19.4. The first-order chi connectivity index (χ1) is 15.3. The van der Waals surface area contributed by atoms with Gasteiger partial charge in [-0.2, -0.15) is 0 Å². The quantitative estimate of drug-likeness (QED) is 0.693. The monoisotopic (exact) mass is 437 g/mol. The summed E-state index contributed by atoms with van der Waals surface area (Å²) in [7, 11) is 1.67. The van der Waals surface area contributed by atoms with Gasteiger partial charge in [0, 0.05) is 48.9 Å². The summed E-state index contributed by atoms with van der Waals surface area (Å²) in [5.74, 6) is 1.46. The van der Waals surface area contributed by atoms with Crippen LogP contribution in [0.2, 0.25) is 0 Å². The molecule has 1 saturated heterocycles. The molecule has 0 aromatic heterocycles. The number of carbonyl (C=O) groups is 1. The predicted octanol–water partition coefficient (Wildman–Crippen LogP) is 3.57. The van der Waals surface area contributed by atoms with E-state index in [-0.39, 0.29) is 18.8 Å². The summed E-state index contributed by atoms with van der Waals surface area (Å²) < 4.78 is 5.50. The molecule has 1 heterocycles. The Balaban J connectivity index is 1.64. The molecule has 2 fully saturated rings. The Labute approximate surface area is 191 Å². The minimum atomic E-state index is -0.764. The van der Waals surface area contributed by atoms with E-state index in [1.165, 1.54) is 0 Å². The van der Waals surface area contributed by atoms with Gasteiger partial charge in [0.25, 0.3) is 0 Å². The van der Waals surface area contributed by atoms with Gasteiger partial charge < -0.3 is 19.8 Å². The number of Topliss-reactive ketones (excluding diaryl/α,β-unsaturated/α-hetero) is 1. The molecule has 3 atom stereocenters. The fourth-order valence-electron chi connectivity index (χ4n) is 6.07. The number of fused-ring (bicyclic) bond motifs is 2. The van der Waals surface area contributed by atoms with Crippen molar-refractivity contribution in [1.82, 2.24) is 4.90 Å². The fraction of sp³-hybridized carbons (Fsp3) is 0.519. The van der Waals surface area contributed by atoms with Crippen molar-refractivity contribution in [3.8, 4) is 16.9 Å². The highest BCUT2D eigenvalue weighted by atomic mass is 16.5. The fourth-order valence-corrected chi connectivity index (χ4v) is 6.07. The number of likely N-dealkylation sites (tertiary alicyclic amines) is 1. The zero-order chi connectivity index (χ0) is 22.9. The Bertz CT molecular complexity index is 956. The highest BCUT2D eigenvalue weighted by Crippen LogP contribution is 2.51. The zero-order valence-electron chi connectivity index (χ0n) is 19.4. The Morgan fingerprint density at radius 3 is 2.38 bits per heavy atom. The van der Waals surface area contributed by atoms with Crippen LogP contribution in [0.25, 0.3) is 11.1 Å². The minimum absolute atomic E-state index is 0.152. The summed E-state index contributed by atoms with van der Waals surface area (Å²) in [6, 6.07) is 16.3. The molecule has 0 spiro atoms. The SMILES string of the molecule is COc1ccccc1-c1ccc(C[C@@]23CC(=O)C[C@@](CO)(CN(CC(C)C)C2)C3O)cc1. The van der Waals surface area contributed by atoms with Gasteiger partial charge >= 0.3 is 0 Å². The van der Waals surface area contributed by atoms with Crippen LogP contribution in [0.5, 0.6) is 5.75 Å². The maximum Gasteiger partial charge on any atom is 0.134 e. The van der Waals surface area contributed by atoms with E-state index in [0.717, 1.165) is 29.0 Å². The minimum Gasteiger partial charge on any atom is -0.496 e. The van der Waals surface area contributed by atoms with Gasteiger partial charge in [-0.05, 0) is 29.5 Å². The molecule has 1 saturated carbocycles. The van der Waals surface area contributed by atoms with Gasteiger partial charge in [-0.1, -0.05) is 56.3 Å². The van der Waals surface area contributed by atoms with Gasteiger partial charge in [-0.15, -0.1) is 0 Å². The molecule has 172 valence electrons. The van der Waals surface area contributed by atoms with Crippen molar-refractivity contribution >= 4 is 5.78 Å². The van der Waals surface area contributed by atoms with Crippen LogP contribution in [0.3, 0.4) is 0 Å². The average molecular weight is 438 g/mol. The van der Waals surface area contributed by atoms with Crippen LogP contribution in [0.4, 0.5) is 0 Å². The van der Waals surface area contributed by atoms with Gasteiger partial charge in [0.1, 0.15) is 11.5 Å². The van der Waals surface area contributed by atoms with Crippen molar-refractivity contribution in [3.05, 3.63) is 54.1 Å². The van der Waals surface area contributed by atoms with Crippen LogP contribution in [0.15, 0.2) is 48.5 Å². The second-order valence-corrected chi connectivity index (χ2v) is 10.3. The molecule has 2 aliphatic rings. The molecule has 2 aromatic carbocycles. The topological polar surface area (TPSA) is 70.0 Å². The summed E-state index contributed by atoms with van der Waals surface area (Å²) in [5, 5.41) is 21.7. The molecule has 0 radical (unpaired) electrons. The molecule has 2 aromatic rings. The number of nitrogens with zero attached hydrogens (tertiary/aromatic N) is 1. The highest BCUT2D eigenvalue weighted by Gasteiger charge is 2.59. The van der Waals surface area contributed by atoms with Gasteiger partial charge in [-0.25, -0.2) is 0 Å². The molecule has 2 N–H and O–H groups in total. The van der Waals surface area contributed by atoms with Gasteiger partial charge in [0.15, 0.2) is 0 Å². The van der Waals surface area contributed by atoms with Crippen LogP contribution >= 0.6 is 0 Å². The lowest BCUT2D eigenvalue weighted by Crippen LogP contribution is -2.68. The number of piperidine rings is 1. The molecule has 2 bridgehead atoms. The molecule has 1 unspecified atom stereocenters. The number of hydrogen-bond donors (Lipinski definition) is 2. The Morgan fingerprint density at radius 1 is 1.06 bits per heavy atom. The van der Waals surface area contributed by atoms with E-state index >= 15 is 0 Å². The lowest BCUT2D eigenvalue weighted by molar-refractivity contribution is -0.186. The first-order valence-electron chi connectivity index (χ1n) is 11.6. The molecule has 5 heteroatoms. The molecular weight excluding hydrogens is 402 g/mol. The van der Waals surface area contributed by atoms with Crippen LogP contribution in [-0.2, 0) is 11.2 Å². The largest absolute Gasteiger partial charge is 0.496 e. The van der Waals surface area contributed by atoms with E-state index in [1.807, 2.05) is 24.3 Å². The molecule has 5 nitrogen and oxygen atoms in total. The van der Waals surface area contributed by atoms with Crippen LogP contribution < -0.4 is 4.74 Å². The van der Waals surface area contributed by atoms with Gasteiger partial charge in [0.2, 0.25) is 0 Å². The Morgan fingerprint density at radius 2 is 1.72 bits per heavy atom.